The van der Waals surface area contributed by atoms with Crippen LogP contribution >= 0.6 is 0 Å². The van der Waals surface area contributed by atoms with Crippen LogP contribution in [-0.2, 0) is 28.5 Å². The van der Waals surface area contributed by atoms with Crippen LogP contribution in [0, 0.1) is 0 Å². The van der Waals surface area contributed by atoms with Crippen LogP contribution in [0.5, 0.6) is 0 Å². The quantitative estimate of drug-likeness (QED) is 0.260. The van der Waals surface area contributed by atoms with E-state index in [9.17, 15) is 9.59 Å². The van der Waals surface area contributed by atoms with Crippen LogP contribution in [0.3, 0.4) is 0 Å². The Morgan fingerprint density at radius 2 is 1.28 bits per heavy atom. The number of hydrogen-bond donors (Lipinski definition) is 0. The van der Waals surface area contributed by atoms with Crippen molar-refractivity contribution in [2.24, 2.45) is 0 Å². The highest BCUT2D eigenvalue weighted by atomic mass is 16.6. The summed E-state index contributed by atoms with van der Waals surface area (Å²) in [5, 5.41) is 0. The third-order valence-electron chi connectivity index (χ3n) is 3.69. The molecule has 0 atom stereocenters. The van der Waals surface area contributed by atoms with Crippen molar-refractivity contribution in [2.45, 2.75) is 64.7 Å². The molecule has 0 heterocycles. The molecule has 6 heteroatoms. The van der Waals surface area contributed by atoms with E-state index in [1.165, 1.54) is 19.3 Å². The molecule has 0 aromatic heterocycles. The molecule has 0 aromatic carbocycles. The van der Waals surface area contributed by atoms with Crippen molar-refractivity contribution in [1.29, 1.82) is 0 Å². The Balaban J connectivity index is 3.31. The summed E-state index contributed by atoms with van der Waals surface area (Å²) in [6, 6.07) is 0. The van der Waals surface area contributed by atoms with Gasteiger partial charge in [0, 0.05) is 26.4 Å². The first-order valence-electron chi connectivity index (χ1n) is 9.52. The molecule has 6 nitrogen and oxygen atoms in total. The second-order valence-electron chi connectivity index (χ2n) is 5.99. The van der Waals surface area contributed by atoms with Crippen LogP contribution in [-0.4, -0.2) is 58.5 Å². The first kappa shape index (κ1) is 24.0. The average molecular weight is 360 g/mol. The van der Waals surface area contributed by atoms with E-state index in [-0.39, 0.29) is 18.4 Å². The van der Waals surface area contributed by atoms with Crippen LogP contribution in [0.2, 0.25) is 0 Å². The van der Waals surface area contributed by atoms with Crippen molar-refractivity contribution >= 4 is 11.8 Å². The number of hydrogen-bond acceptors (Lipinski definition) is 6. The molecule has 0 aliphatic heterocycles. The lowest BCUT2D eigenvalue weighted by molar-refractivity contribution is -0.145. The average Bonchev–Trinajstić information content (AvgIpc) is 2.60. The lowest BCUT2D eigenvalue weighted by Crippen LogP contribution is -2.13. The van der Waals surface area contributed by atoms with Crippen LogP contribution in [0.15, 0.2) is 0 Å². The van der Waals surface area contributed by atoms with Crippen molar-refractivity contribution in [3.63, 3.8) is 0 Å². The number of esters is 1. The second kappa shape index (κ2) is 19.3. The zero-order valence-corrected chi connectivity index (χ0v) is 16.1. The standard InChI is InChI=1S/C19H36O6/c1-3-4-5-6-7-9-18(20)10-8-11-19(21)25-17-16-24-15-14-23-13-12-22-2/h3-17H2,1-2H3. The van der Waals surface area contributed by atoms with E-state index in [1.54, 1.807) is 7.11 Å². The number of carbonyl (C=O) groups excluding carboxylic acids is 2. The minimum absolute atomic E-state index is 0.238. The molecule has 0 saturated carbocycles. The van der Waals surface area contributed by atoms with Crippen molar-refractivity contribution in [3.8, 4) is 0 Å². The van der Waals surface area contributed by atoms with Gasteiger partial charge in [-0.25, -0.2) is 0 Å². The molecular formula is C19H36O6. The summed E-state index contributed by atoms with van der Waals surface area (Å²) in [6.07, 6.45) is 7.72. The minimum atomic E-state index is -0.268. The van der Waals surface area contributed by atoms with Crippen LogP contribution < -0.4 is 0 Å². The van der Waals surface area contributed by atoms with Gasteiger partial charge in [-0.15, -0.1) is 0 Å². The van der Waals surface area contributed by atoms with Gasteiger partial charge in [0.05, 0.1) is 33.0 Å². The maximum Gasteiger partial charge on any atom is 0.305 e. The lowest BCUT2D eigenvalue weighted by Gasteiger charge is -2.07. The van der Waals surface area contributed by atoms with Crippen LogP contribution in [0.25, 0.3) is 0 Å². The molecule has 0 unspecified atom stereocenters. The van der Waals surface area contributed by atoms with Gasteiger partial charge in [-0.2, -0.15) is 0 Å². The highest BCUT2D eigenvalue weighted by molar-refractivity contribution is 5.79. The number of ether oxygens (including phenoxy) is 4. The molecule has 25 heavy (non-hydrogen) atoms. The summed E-state index contributed by atoms with van der Waals surface area (Å²) in [6.45, 7) is 4.85. The monoisotopic (exact) mass is 360 g/mol. The maximum absolute atomic E-state index is 11.7. The van der Waals surface area contributed by atoms with Gasteiger partial charge in [-0.3, -0.25) is 9.59 Å². The third-order valence-corrected chi connectivity index (χ3v) is 3.69. The zero-order chi connectivity index (χ0) is 18.6. The smallest absolute Gasteiger partial charge is 0.305 e. The van der Waals surface area contributed by atoms with Gasteiger partial charge in [0.2, 0.25) is 0 Å². The molecular weight excluding hydrogens is 324 g/mol. The first-order valence-corrected chi connectivity index (χ1v) is 9.52. The number of methoxy groups -OCH3 is 1. The SMILES string of the molecule is CCCCCCCC(=O)CCCC(=O)OCCOCCOCCOC. The number of carbonyl (C=O) groups is 2. The van der Waals surface area contributed by atoms with Gasteiger partial charge in [-0.1, -0.05) is 32.6 Å². The zero-order valence-electron chi connectivity index (χ0n) is 16.1. The molecule has 0 aliphatic carbocycles. The topological polar surface area (TPSA) is 71.1 Å². The highest BCUT2D eigenvalue weighted by Crippen LogP contribution is 2.08. The van der Waals surface area contributed by atoms with Crippen LogP contribution in [0.4, 0.5) is 0 Å². The third kappa shape index (κ3) is 19.2. The van der Waals surface area contributed by atoms with Gasteiger partial charge in [0.15, 0.2) is 0 Å². The van der Waals surface area contributed by atoms with Crippen molar-refractivity contribution < 1.29 is 28.5 Å². The van der Waals surface area contributed by atoms with Gasteiger partial charge in [0.25, 0.3) is 0 Å². The largest absolute Gasteiger partial charge is 0.463 e. The number of rotatable bonds is 19. The van der Waals surface area contributed by atoms with Crippen LogP contribution in [0.1, 0.15) is 64.7 Å². The fourth-order valence-corrected chi connectivity index (χ4v) is 2.23. The Labute approximate surface area is 152 Å². The Morgan fingerprint density at radius 3 is 1.96 bits per heavy atom. The fraction of sp³-hybridized carbons (Fsp3) is 0.895. The van der Waals surface area contributed by atoms with Gasteiger partial charge in [0.1, 0.15) is 12.4 Å². The maximum atomic E-state index is 11.7. The van der Waals surface area contributed by atoms with Gasteiger partial charge in [-0.05, 0) is 12.8 Å². The second-order valence-corrected chi connectivity index (χ2v) is 5.99. The molecule has 0 fully saturated rings. The highest BCUT2D eigenvalue weighted by Gasteiger charge is 2.06. The van der Waals surface area contributed by atoms with E-state index in [1.807, 2.05) is 0 Å². The van der Waals surface area contributed by atoms with E-state index in [0.29, 0.717) is 58.7 Å². The van der Waals surface area contributed by atoms with E-state index in [2.05, 4.69) is 6.92 Å². The predicted molar refractivity (Wildman–Crippen MR) is 96.7 cm³/mol. The predicted octanol–water partition coefficient (Wildman–Crippen LogP) is 3.31. The molecule has 148 valence electrons. The normalized spacial score (nSPS) is 10.8. The Hall–Kier alpha value is -0.980. The fourth-order valence-electron chi connectivity index (χ4n) is 2.23. The minimum Gasteiger partial charge on any atom is -0.463 e. The lowest BCUT2D eigenvalue weighted by atomic mass is 10.1. The van der Waals surface area contributed by atoms with Gasteiger partial charge >= 0.3 is 5.97 Å². The number of unbranched alkanes of at least 4 members (excludes halogenated alkanes) is 4. The molecule has 0 amide bonds. The molecule has 0 saturated heterocycles. The Bertz CT molecular complexity index is 319. The summed E-state index contributed by atoms with van der Waals surface area (Å²) >= 11 is 0. The Morgan fingerprint density at radius 1 is 0.680 bits per heavy atom. The number of ketones is 1. The summed E-state index contributed by atoms with van der Waals surface area (Å²) in [4.78, 5) is 23.2. The molecule has 0 aliphatic rings. The molecule has 0 N–H and O–H groups in total. The molecule has 0 bridgehead atoms. The van der Waals surface area contributed by atoms with Crippen molar-refractivity contribution in [1.82, 2.24) is 0 Å². The molecule has 0 spiro atoms. The summed E-state index contributed by atoms with van der Waals surface area (Å²) in [5.41, 5.74) is 0. The molecule has 0 aromatic rings. The van der Waals surface area contributed by atoms with Crippen molar-refractivity contribution in [3.05, 3.63) is 0 Å². The number of Topliss-reactive ketones (excluding diaryl/α,β-unsaturated/α-hetero) is 1. The van der Waals surface area contributed by atoms with Gasteiger partial charge < -0.3 is 18.9 Å². The summed E-state index contributed by atoms with van der Waals surface area (Å²) in [7, 11) is 1.62. The molecule has 0 radical (unpaired) electrons. The first-order chi connectivity index (χ1) is 12.2. The van der Waals surface area contributed by atoms with E-state index >= 15 is 0 Å². The summed E-state index contributed by atoms with van der Waals surface area (Å²) < 4.78 is 20.4. The van der Waals surface area contributed by atoms with E-state index in [4.69, 9.17) is 18.9 Å². The van der Waals surface area contributed by atoms with E-state index < -0.39 is 0 Å². The van der Waals surface area contributed by atoms with Crippen molar-refractivity contribution in [2.75, 3.05) is 46.8 Å². The van der Waals surface area contributed by atoms with E-state index in [0.717, 1.165) is 12.8 Å². The Kier molecular flexibility index (Phi) is 18.6. The molecule has 0 rings (SSSR count). The summed E-state index contributed by atoms with van der Waals surface area (Å²) in [5.74, 6) is -0.0169.